The Hall–Kier alpha value is -1.85. The Labute approximate surface area is 111 Å². The fourth-order valence-electron chi connectivity index (χ4n) is 1.99. The molecule has 1 aromatic rings. The van der Waals surface area contributed by atoms with E-state index in [4.69, 9.17) is 5.11 Å². The highest BCUT2D eigenvalue weighted by Gasteiger charge is 2.26. The molecule has 1 aliphatic rings. The topological polar surface area (TPSA) is 84.2 Å². The van der Waals surface area contributed by atoms with E-state index in [1.54, 1.807) is 17.0 Å². The molecule has 2 N–H and O–H groups in total. The summed E-state index contributed by atoms with van der Waals surface area (Å²) in [5.41, 5.74) is -0.229. The van der Waals surface area contributed by atoms with Gasteiger partial charge in [-0.25, -0.2) is 9.78 Å². The fourth-order valence-corrected chi connectivity index (χ4v) is 1.99. The van der Waals surface area contributed by atoms with E-state index in [2.05, 4.69) is 10.3 Å². The maximum absolute atomic E-state index is 12.1. The van der Waals surface area contributed by atoms with E-state index in [0.29, 0.717) is 6.42 Å². The summed E-state index contributed by atoms with van der Waals surface area (Å²) in [6.07, 6.45) is 7.41. The van der Waals surface area contributed by atoms with Gasteiger partial charge < -0.3 is 15.0 Å². The molecule has 0 amide bonds. The van der Waals surface area contributed by atoms with E-state index < -0.39 is 12.0 Å². The lowest BCUT2D eigenvalue weighted by atomic mass is 10.1. The smallest absolute Gasteiger partial charge is 0.326 e. The summed E-state index contributed by atoms with van der Waals surface area (Å²) in [6.45, 7) is 2.00. The number of carbonyl (C=O) groups is 1. The number of rotatable bonds is 7. The summed E-state index contributed by atoms with van der Waals surface area (Å²) < 4.78 is 1.63. The van der Waals surface area contributed by atoms with Crippen molar-refractivity contribution in [1.29, 1.82) is 0 Å². The molecule has 1 atom stereocenters. The number of unbranched alkanes of at least 4 members (excludes halogenated alkanes) is 1. The Morgan fingerprint density at radius 1 is 1.63 bits per heavy atom. The van der Waals surface area contributed by atoms with Crippen molar-refractivity contribution in [2.75, 3.05) is 5.32 Å². The van der Waals surface area contributed by atoms with Gasteiger partial charge in [0.05, 0.1) is 0 Å². The third kappa shape index (κ3) is 3.33. The highest BCUT2D eigenvalue weighted by molar-refractivity contribution is 5.76. The first kappa shape index (κ1) is 13.6. The van der Waals surface area contributed by atoms with Crippen molar-refractivity contribution >= 4 is 11.8 Å². The summed E-state index contributed by atoms with van der Waals surface area (Å²) in [7, 11) is 0. The summed E-state index contributed by atoms with van der Waals surface area (Å²) in [6, 6.07) is -0.495. The number of aromatic nitrogens is 2. The molecule has 0 radical (unpaired) electrons. The molecule has 1 aromatic heterocycles. The maximum atomic E-state index is 12.1. The van der Waals surface area contributed by atoms with Crippen molar-refractivity contribution in [2.45, 2.75) is 51.1 Å². The lowest BCUT2D eigenvalue weighted by Gasteiger charge is -2.15. The molecule has 1 aliphatic carbocycles. The van der Waals surface area contributed by atoms with E-state index in [0.717, 1.165) is 25.7 Å². The first-order valence-corrected chi connectivity index (χ1v) is 6.70. The van der Waals surface area contributed by atoms with Crippen molar-refractivity contribution in [2.24, 2.45) is 0 Å². The number of hydrogen-bond acceptors (Lipinski definition) is 4. The van der Waals surface area contributed by atoms with Crippen LogP contribution in [0.15, 0.2) is 17.2 Å². The molecule has 19 heavy (non-hydrogen) atoms. The lowest BCUT2D eigenvalue weighted by molar-refractivity contribution is -0.138. The predicted octanol–water partition coefficient (Wildman–Crippen LogP) is 1.63. The molecule has 1 heterocycles. The van der Waals surface area contributed by atoms with E-state index >= 15 is 0 Å². The van der Waals surface area contributed by atoms with Crippen LogP contribution in [-0.4, -0.2) is 26.7 Å². The highest BCUT2D eigenvalue weighted by Crippen LogP contribution is 2.33. The fraction of sp³-hybridized carbons (Fsp3) is 0.615. The molecule has 0 aromatic carbocycles. The van der Waals surface area contributed by atoms with Crippen LogP contribution in [0.2, 0.25) is 0 Å². The molecule has 1 fully saturated rings. The summed E-state index contributed by atoms with van der Waals surface area (Å²) in [4.78, 5) is 27.3. The van der Waals surface area contributed by atoms with Gasteiger partial charge in [-0.05, 0) is 19.3 Å². The van der Waals surface area contributed by atoms with Gasteiger partial charge in [-0.1, -0.05) is 19.8 Å². The lowest BCUT2D eigenvalue weighted by Crippen LogP contribution is -2.34. The van der Waals surface area contributed by atoms with Gasteiger partial charge in [0.2, 0.25) is 0 Å². The van der Waals surface area contributed by atoms with Gasteiger partial charge in [-0.3, -0.25) is 4.79 Å². The van der Waals surface area contributed by atoms with Gasteiger partial charge in [-0.15, -0.1) is 0 Å². The Morgan fingerprint density at radius 3 is 2.95 bits per heavy atom. The molecule has 0 bridgehead atoms. The van der Waals surface area contributed by atoms with Crippen molar-refractivity contribution in [3.63, 3.8) is 0 Å². The monoisotopic (exact) mass is 265 g/mol. The third-order valence-corrected chi connectivity index (χ3v) is 3.26. The number of nitrogens with one attached hydrogen (secondary N) is 1. The average Bonchev–Trinajstić information content (AvgIpc) is 3.20. The van der Waals surface area contributed by atoms with E-state index in [-0.39, 0.29) is 17.4 Å². The van der Waals surface area contributed by atoms with Gasteiger partial charge >= 0.3 is 5.97 Å². The van der Waals surface area contributed by atoms with Gasteiger partial charge in [0.1, 0.15) is 6.04 Å². The van der Waals surface area contributed by atoms with Gasteiger partial charge in [0, 0.05) is 18.4 Å². The molecule has 104 valence electrons. The van der Waals surface area contributed by atoms with Crippen LogP contribution in [0.1, 0.15) is 45.1 Å². The van der Waals surface area contributed by atoms with Crippen LogP contribution in [0.25, 0.3) is 0 Å². The zero-order valence-corrected chi connectivity index (χ0v) is 11.0. The second kappa shape index (κ2) is 5.86. The second-order valence-electron chi connectivity index (χ2n) is 4.90. The summed E-state index contributed by atoms with van der Waals surface area (Å²) >= 11 is 0. The Morgan fingerprint density at radius 2 is 2.37 bits per heavy atom. The number of aliphatic carboxylic acids is 1. The van der Waals surface area contributed by atoms with Crippen molar-refractivity contribution < 1.29 is 9.90 Å². The number of hydrogen-bond donors (Lipinski definition) is 2. The molecule has 6 heteroatoms. The number of anilines is 1. The van der Waals surface area contributed by atoms with Crippen molar-refractivity contribution in [1.82, 2.24) is 9.55 Å². The molecule has 2 rings (SSSR count). The largest absolute Gasteiger partial charge is 0.480 e. The average molecular weight is 265 g/mol. The number of carboxylic acids is 1. The summed E-state index contributed by atoms with van der Waals surface area (Å²) in [5, 5.41) is 11.9. The van der Waals surface area contributed by atoms with Gasteiger partial charge in [-0.2, -0.15) is 0 Å². The molecular formula is C13H19N3O3. The number of nitrogens with zero attached hydrogens (tertiary/aromatic N) is 2. The van der Waals surface area contributed by atoms with Crippen LogP contribution in [0.5, 0.6) is 0 Å². The molecule has 0 aliphatic heterocycles. The zero-order valence-electron chi connectivity index (χ0n) is 11.0. The number of carboxylic acid groups (broad SMARTS) is 1. The Bertz CT molecular complexity index is 508. The first-order valence-electron chi connectivity index (χ1n) is 6.70. The molecule has 0 saturated heterocycles. The molecular weight excluding hydrogens is 246 g/mol. The minimum atomic E-state index is -0.948. The highest BCUT2D eigenvalue weighted by atomic mass is 16.4. The van der Waals surface area contributed by atoms with Crippen LogP contribution < -0.4 is 10.9 Å². The predicted molar refractivity (Wildman–Crippen MR) is 71.3 cm³/mol. The van der Waals surface area contributed by atoms with Crippen LogP contribution in [0, 0.1) is 0 Å². The standard InChI is InChI=1S/C13H19N3O3/c1-2-3-4-10(13(18)19)15-11-12(17)16(8-7-14-11)9-5-6-9/h7-10H,2-6H2,1H3,(H,14,15)(H,18,19). The third-order valence-electron chi connectivity index (χ3n) is 3.26. The minimum absolute atomic E-state index is 0.137. The normalized spacial score (nSPS) is 16.1. The SMILES string of the molecule is CCCCC(Nc1nccn(C2CC2)c1=O)C(=O)O. The minimum Gasteiger partial charge on any atom is -0.480 e. The first-order chi connectivity index (χ1) is 9.13. The zero-order chi connectivity index (χ0) is 13.8. The van der Waals surface area contributed by atoms with Crippen molar-refractivity contribution in [3.05, 3.63) is 22.7 Å². The van der Waals surface area contributed by atoms with E-state index in [1.165, 1.54) is 0 Å². The van der Waals surface area contributed by atoms with Crippen LogP contribution in [-0.2, 0) is 4.79 Å². The van der Waals surface area contributed by atoms with Crippen LogP contribution in [0.4, 0.5) is 5.82 Å². The van der Waals surface area contributed by atoms with Crippen molar-refractivity contribution in [3.8, 4) is 0 Å². The second-order valence-corrected chi connectivity index (χ2v) is 4.90. The Balaban J connectivity index is 2.14. The van der Waals surface area contributed by atoms with Crippen LogP contribution in [0.3, 0.4) is 0 Å². The van der Waals surface area contributed by atoms with E-state index in [9.17, 15) is 9.59 Å². The molecule has 1 unspecified atom stereocenters. The van der Waals surface area contributed by atoms with E-state index in [1.807, 2.05) is 6.92 Å². The molecule has 0 spiro atoms. The van der Waals surface area contributed by atoms with Crippen LogP contribution >= 0.6 is 0 Å². The van der Waals surface area contributed by atoms with Gasteiger partial charge in [0.15, 0.2) is 5.82 Å². The Kier molecular flexibility index (Phi) is 4.19. The summed E-state index contributed by atoms with van der Waals surface area (Å²) in [5.74, 6) is -0.811. The quantitative estimate of drug-likeness (QED) is 0.782. The molecule has 1 saturated carbocycles. The molecule has 6 nitrogen and oxygen atoms in total. The maximum Gasteiger partial charge on any atom is 0.326 e. The van der Waals surface area contributed by atoms with Gasteiger partial charge in [0.25, 0.3) is 5.56 Å².